The number of carbonyl (C=O) groups excluding carboxylic acids is 1. The lowest BCUT2D eigenvalue weighted by molar-refractivity contribution is -0.142. The van der Waals surface area contributed by atoms with E-state index in [1.165, 1.54) is 0 Å². The summed E-state index contributed by atoms with van der Waals surface area (Å²) in [5.41, 5.74) is 0.569. The van der Waals surface area contributed by atoms with E-state index in [0.29, 0.717) is 24.2 Å². The number of aromatic nitrogens is 1. The van der Waals surface area contributed by atoms with Crippen LogP contribution in [0.1, 0.15) is 42.2 Å². The van der Waals surface area contributed by atoms with Gasteiger partial charge in [-0.15, -0.1) is 11.3 Å². The number of carbonyl (C=O) groups is 1. The van der Waals surface area contributed by atoms with Crippen LogP contribution in [0.5, 0.6) is 0 Å². The van der Waals surface area contributed by atoms with Crippen LogP contribution >= 0.6 is 22.9 Å². The van der Waals surface area contributed by atoms with Gasteiger partial charge in [0.25, 0.3) is 0 Å². The Kier molecular flexibility index (Phi) is 5.30. The number of benzene rings is 1. The Hall–Kier alpha value is -1.43. The van der Waals surface area contributed by atoms with Crippen molar-refractivity contribution in [3.8, 4) is 0 Å². The number of amides is 1. The van der Waals surface area contributed by atoms with Gasteiger partial charge in [0.2, 0.25) is 5.91 Å². The quantitative estimate of drug-likeness (QED) is 0.786. The minimum Gasteiger partial charge on any atom is -0.381 e. The van der Waals surface area contributed by atoms with E-state index < -0.39 is 5.41 Å². The number of hydrogen-bond donors (Lipinski definition) is 0. The molecule has 0 aliphatic carbocycles. The van der Waals surface area contributed by atoms with Crippen LogP contribution in [0.2, 0.25) is 5.02 Å². The molecule has 2 aliphatic heterocycles. The summed E-state index contributed by atoms with van der Waals surface area (Å²) < 4.78 is 5.58. The Labute approximate surface area is 163 Å². The number of thiazole rings is 1. The van der Waals surface area contributed by atoms with E-state index in [-0.39, 0.29) is 5.91 Å². The third kappa shape index (κ3) is 3.40. The monoisotopic (exact) mass is 390 g/mol. The van der Waals surface area contributed by atoms with E-state index in [9.17, 15) is 4.79 Å². The average molecular weight is 391 g/mol. The fourth-order valence-corrected chi connectivity index (χ4v) is 5.11. The predicted molar refractivity (Wildman–Crippen MR) is 104 cm³/mol. The molecule has 0 N–H and O–H groups in total. The van der Waals surface area contributed by atoms with Crippen molar-refractivity contribution >= 4 is 28.8 Å². The maximum Gasteiger partial charge on any atom is 0.233 e. The summed E-state index contributed by atoms with van der Waals surface area (Å²) in [5.74, 6) is 0.596. The average Bonchev–Trinajstić information content (AvgIpc) is 3.23. The summed E-state index contributed by atoms with van der Waals surface area (Å²) in [7, 11) is 0. The highest BCUT2D eigenvalue weighted by atomic mass is 35.5. The molecule has 0 spiro atoms. The zero-order valence-corrected chi connectivity index (χ0v) is 16.3. The van der Waals surface area contributed by atoms with E-state index in [2.05, 4.69) is 9.88 Å². The van der Waals surface area contributed by atoms with Crippen LogP contribution in [0.4, 0.5) is 0 Å². The molecule has 4 nitrogen and oxygen atoms in total. The van der Waals surface area contributed by atoms with Crippen LogP contribution in [0.15, 0.2) is 35.8 Å². The van der Waals surface area contributed by atoms with Crippen molar-refractivity contribution in [1.82, 2.24) is 9.88 Å². The Morgan fingerprint density at radius 3 is 2.73 bits per heavy atom. The van der Waals surface area contributed by atoms with Gasteiger partial charge < -0.3 is 9.64 Å². The lowest BCUT2D eigenvalue weighted by Crippen LogP contribution is -2.52. The molecule has 0 bridgehead atoms. The van der Waals surface area contributed by atoms with Gasteiger partial charge in [0.1, 0.15) is 0 Å². The summed E-state index contributed by atoms with van der Waals surface area (Å²) in [6.45, 7) is 2.84. The highest BCUT2D eigenvalue weighted by Gasteiger charge is 2.45. The van der Waals surface area contributed by atoms with Gasteiger partial charge in [-0.05, 0) is 43.4 Å². The summed E-state index contributed by atoms with van der Waals surface area (Å²) >= 11 is 7.77. The van der Waals surface area contributed by atoms with Crippen LogP contribution < -0.4 is 0 Å². The second-order valence-electron chi connectivity index (χ2n) is 7.16. The molecule has 2 fully saturated rings. The van der Waals surface area contributed by atoms with Crippen LogP contribution in [0.3, 0.4) is 0 Å². The molecule has 6 heteroatoms. The molecule has 4 rings (SSSR count). The number of likely N-dealkylation sites (tertiary alicyclic amines) is 1. The fraction of sp³-hybridized carbons (Fsp3) is 0.500. The summed E-state index contributed by atoms with van der Waals surface area (Å²) in [5, 5.41) is 3.87. The van der Waals surface area contributed by atoms with Crippen LogP contribution in [-0.2, 0) is 14.9 Å². The molecule has 0 saturated carbocycles. The molecule has 2 aromatic rings. The Balaban J connectivity index is 1.61. The van der Waals surface area contributed by atoms with Gasteiger partial charge in [0.15, 0.2) is 0 Å². The number of rotatable bonds is 3. The number of piperidine rings is 1. The third-order valence-electron chi connectivity index (χ3n) is 5.66. The van der Waals surface area contributed by atoms with Gasteiger partial charge in [0, 0.05) is 48.8 Å². The normalized spacial score (nSPS) is 23.0. The van der Waals surface area contributed by atoms with Crippen molar-refractivity contribution in [2.45, 2.75) is 37.0 Å². The predicted octanol–water partition coefficient (Wildman–Crippen LogP) is 4.25. The highest BCUT2D eigenvalue weighted by Crippen LogP contribution is 2.39. The summed E-state index contributed by atoms with van der Waals surface area (Å²) in [6.07, 6.45) is 5.45. The molecular weight excluding hydrogens is 368 g/mol. The molecule has 1 amide bonds. The van der Waals surface area contributed by atoms with Crippen molar-refractivity contribution in [1.29, 1.82) is 0 Å². The zero-order valence-electron chi connectivity index (χ0n) is 14.7. The Morgan fingerprint density at radius 1 is 1.27 bits per heavy atom. The molecule has 1 atom stereocenters. The van der Waals surface area contributed by atoms with Gasteiger partial charge in [-0.1, -0.05) is 23.7 Å². The topological polar surface area (TPSA) is 42.4 Å². The Bertz CT molecular complexity index is 742. The number of halogens is 1. The molecule has 1 aromatic heterocycles. The second kappa shape index (κ2) is 7.67. The van der Waals surface area contributed by atoms with E-state index in [1.807, 2.05) is 35.8 Å². The van der Waals surface area contributed by atoms with E-state index >= 15 is 0 Å². The van der Waals surface area contributed by atoms with Gasteiger partial charge in [-0.3, -0.25) is 4.79 Å². The second-order valence-corrected chi connectivity index (χ2v) is 8.52. The lowest BCUT2D eigenvalue weighted by atomic mass is 9.72. The molecule has 2 saturated heterocycles. The van der Waals surface area contributed by atoms with Gasteiger partial charge >= 0.3 is 0 Å². The van der Waals surface area contributed by atoms with E-state index in [4.69, 9.17) is 16.3 Å². The summed E-state index contributed by atoms with van der Waals surface area (Å²) in [6, 6.07) is 7.79. The van der Waals surface area contributed by atoms with E-state index in [0.717, 1.165) is 49.3 Å². The van der Waals surface area contributed by atoms with Crippen LogP contribution in [-0.4, -0.2) is 42.1 Å². The van der Waals surface area contributed by atoms with Crippen LogP contribution in [0, 0.1) is 0 Å². The first-order chi connectivity index (χ1) is 12.7. The van der Waals surface area contributed by atoms with Gasteiger partial charge in [-0.2, -0.15) is 0 Å². The number of hydrogen-bond acceptors (Lipinski definition) is 4. The van der Waals surface area contributed by atoms with Crippen molar-refractivity contribution in [3.63, 3.8) is 0 Å². The van der Waals surface area contributed by atoms with Crippen molar-refractivity contribution in [2.24, 2.45) is 0 Å². The number of ether oxygens (including phenoxy) is 1. The first-order valence-electron chi connectivity index (χ1n) is 9.22. The minimum atomic E-state index is -0.492. The SMILES string of the molecule is O=C(N1CCC[C@H](c2nccs2)C1)C1(c2ccc(Cl)cc2)CCOCC1. The molecule has 0 unspecified atom stereocenters. The lowest BCUT2D eigenvalue weighted by Gasteiger charge is -2.42. The van der Waals surface area contributed by atoms with Crippen LogP contribution in [0.25, 0.3) is 0 Å². The largest absolute Gasteiger partial charge is 0.381 e. The molecule has 3 heterocycles. The smallest absolute Gasteiger partial charge is 0.233 e. The molecule has 0 radical (unpaired) electrons. The molecule has 26 heavy (non-hydrogen) atoms. The first kappa shape index (κ1) is 18.0. The van der Waals surface area contributed by atoms with Crippen molar-refractivity contribution in [2.75, 3.05) is 26.3 Å². The highest BCUT2D eigenvalue weighted by molar-refractivity contribution is 7.09. The Morgan fingerprint density at radius 2 is 2.04 bits per heavy atom. The van der Waals surface area contributed by atoms with Gasteiger partial charge in [-0.25, -0.2) is 4.98 Å². The third-order valence-corrected chi connectivity index (χ3v) is 6.85. The molecule has 2 aliphatic rings. The number of nitrogens with zero attached hydrogens (tertiary/aromatic N) is 2. The maximum atomic E-state index is 13.7. The van der Waals surface area contributed by atoms with Crippen molar-refractivity contribution < 1.29 is 9.53 Å². The standard InChI is InChI=1S/C20H23ClN2O2S/c21-17-5-3-16(4-6-17)20(7-11-25-12-8-20)19(24)23-10-1-2-15(14-23)18-22-9-13-26-18/h3-6,9,13,15H,1-2,7-8,10-12,14H2/t15-/m0/s1. The molecular formula is C20H23ClN2O2S. The summed E-state index contributed by atoms with van der Waals surface area (Å²) in [4.78, 5) is 20.2. The van der Waals surface area contributed by atoms with Gasteiger partial charge in [0.05, 0.1) is 10.4 Å². The maximum absolute atomic E-state index is 13.7. The fourth-order valence-electron chi connectivity index (χ4n) is 4.22. The zero-order chi connectivity index (χ0) is 18.0. The molecule has 1 aromatic carbocycles. The van der Waals surface area contributed by atoms with Crippen molar-refractivity contribution in [3.05, 3.63) is 51.4 Å². The molecule has 138 valence electrons. The minimum absolute atomic E-state index is 0.240. The first-order valence-corrected chi connectivity index (χ1v) is 10.5. The van der Waals surface area contributed by atoms with E-state index in [1.54, 1.807) is 11.3 Å².